The molecule has 0 saturated carbocycles. The van der Waals surface area contributed by atoms with Crippen LogP contribution in [-0.4, -0.2) is 51.1 Å². The smallest absolute Gasteiger partial charge is 0.247 e. The van der Waals surface area contributed by atoms with E-state index in [0.29, 0.717) is 24.2 Å². The SMILES string of the molecule is CCC(CC)O[C@@H]1C=C(C(=O)NCc2cn(Cc3ccc(C)cc3)nn2)C[C@H](N)[C@H]1NC(C)=O. The second-order valence-electron chi connectivity index (χ2n) is 8.90. The Hall–Kier alpha value is -3.04. The standard InChI is InChI=1S/C25H36N6O3/c1-5-21(6-2)34-23-12-19(11-22(26)24(23)28-17(4)32)25(33)27-13-20-15-31(30-29-20)14-18-9-7-16(3)8-10-18/h7-10,12,15,21-24H,5-6,11,13-14,26H2,1-4H3,(H,27,33)(H,28,32)/t22-,23+,24+/m0/s1. The van der Waals surface area contributed by atoms with Crippen LogP contribution in [0, 0.1) is 6.92 Å². The first-order chi connectivity index (χ1) is 16.3. The molecule has 1 aliphatic rings. The lowest BCUT2D eigenvalue weighted by atomic mass is 9.87. The zero-order valence-electron chi connectivity index (χ0n) is 20.5. The Bertz CT molecular complexity index is 996. The average molecular weight is 469 g/mol. The van der Waals surface area contributed by atoms with Crippen molar-refractivity contribution in [3.63, 3.8) is 0 Å². The van der Waals surface area contributed by atoms with Crippen LogP contribution in [0.15, 0.2) is 42.1 Å². The van der Waals surface area contributed by atoms with Crippen LogP contribution in [0.3, 0.4) is 0 Å². The highest BCUT2D eigenvalue weighted by atomic mass is 16.5. The van der Waals surface area contributed by atoms with Gasteiger partial charge in [-0.3, -0.25) is 9.59 Å². The molecule has 0 bridgehead atoms. The monoisotopic (exact) mass is 468 g/mol. The van der Waals surface area contributed by atoms with Crippen LogP contribution >= 0.6 is 0 Å². The maximum absolute atomic E-state index is 12.9. The minimum atomic E-state index is -0.464. The number of rotatable bonds is 10. The van der Waals surface area contributed by atoms with Gasteiger partial charge in [0.1, 0.15) is 5.69 Å². The van der Waals surface area contributed by atoms with E-state index in [1.54, 1.807) is 10.8 Å². The summed E-state index contributed by atoms with van der Waals surface area (Å²) >= 11 is 0. The molecule has 9 heteroatoms. The number of amides is 2. The van der Waals surface area contributed by atoms with E-state index in [4.69, 9.17) is 10.5 Å². The van der Waals surface area contributed by atoms with Gasteiger partial charge in [-0.1, -0.05) is 48.9 Å². The molecular weight excluding hydrogens is 432 g/mol. The normalized spacial score (nSPS) is 20.2. The van der Waals surface area contributed by atoms with Gasteiger partial charge in [-0.05, 0) is 37.8 Å². The van der Waals surface area contributed by atoms with E-state index in [2.05, 4.69) is 52.1 Å². The van der Waals surface area contributed by atoms with E-state index in [9.17, 15) is 9.59 Å². The summed E-state index contributed by atoms with van der Waals surface area (Å²) in [6, 6.07) is 7.44. The Balaban J connectivity index is 1.63. The van der Waals surface area contributed by atoms with Gasteiger partial charge >= 0.3 is 0 Å². The highest BCUT2D eigenvalue weighted by molar-refractivity contribution is 5.93. The van der Waals surface area contributed by atoms with Gasteiger partial charge < -0.3 is 21.1 Å². The van der Waals surface area contributed by atoms with Gasteiger partial charge in [0.25, 0.3) is 0 Å². The summed E-state index contributed by atoms with van der Waals surface area (Å²) in [5.74, 6) is -0.392. The number of carbonyl (C=O) groups excluding carboxylic acids is 2. The molecule has 2 amide bonds. The van der Waals surface area contributed by atoms with Gasteiger partial charge in [-0.15, -0.1) is 5.10 Å². The lowest BCUT2D eigenvalue weighted by molar-refractivity contribution is -0.121. The van der Waals surface area contributed by atoms with Crippen LogP contribution < -0.4 is 16.4 Å². The Labute approximate surface area is 201 Å². The topological polar surface area (TPSA) is 124 Å². The summed E-state index contributed by atoms with van der Waals surface area (Å²) in [5.41, 5.74) is 9.91. The Kier molecular flexibility index (Phi) is 8.95. The molecule has 1 aromatic carbocycles. The van der Waals surface area contributed by atoms with Crippen molar-refractivity contribution >= 4 is 11.8 Å². The van der Waals surface area contributed by atoms with E-state index in [0.717, 1.165) is 18.4 Å². The molecule has 0 radical (unpaired) electrons. The molecule has 0 fully saturated rings. The maximum atomic E-state index is 12.9. The van der Waals surface area contributed by atoms with Gasteiger partial charge in [0.2, 0.25) is 11.8 Å². The molecule has 1 heterocycles. The van der Waals surface area contributed by atoms with Crippen LogP contribution in [0.25, 0.3) is 0 Å². The van der Waals surface area contributed by atoms with Crippen LogP contribution in [0.2, 0.25) is 0 Å². The Morgan fingerprint density at radius 1 is 1.24 bits per heavy atom. The van der Waals surface area contributed by atoms with E-state index in [1.165, 1.54) is 12.5 Å². The fraction of sp³-hybridized carbons (Fsp3) is 0.520. The lowest BCUT2D eigenvalue weighted by Gasteiger charge is -2.36. The van der Waals surface area contributed by atoms with E-state index in [1.807, 2.05) is 20.0 Å². The molecule has 0 saturated heterocycles. The maximum Gasteiger partial charge on any atom is 0.247 e. The molecule has 0 aliphatic heterocycles. The molecule has 1 aromatic heterocycles. The minimum absolute atomic E-state index is 0.0238. The van der Waals surface area contributed by atoms with Crippen LogP contribution in [-0.2, 0) is 27.4 Å². The Morgan fingerprint density at radius 3 is 2.59 bits per heavy atom. The fourth-order valence-corrected chi connectivity index (χ4v) is 4.08. The summed E-state index contributed by atoms with van der Waals surface area (Å²) in [4.78, 5) is 24.6. The van der Waals surface area contributed by atoms with Crippen molar-refractivity contribution in [1.29, 1.82) is 0 Å². The number of hydrogen-bond acceptors (Lipinski definition) is 6. The first kappa shape index (κ1) is 25.6. The molecule has 34 heavy (non-hydrogen) atoms. The summed E-state index contributed by atoms with van der Waals surface area (Å²) in [6.07, 6.45) is 5.20. The largest absolute Gasteiger partial charge is 0.369 e. The number of nitrogens with one attached hydrogen (secondary N) is 2. The van der Waals surface area contributed by atoms with Crippen molar-refractivity contribution in [1.82, 2.24) is 25.6 Å². The summed E-state index contributed by atoms with van der Waals surface area (Å²) in [6.45, 7) is 8.47. The fourth-order valence-electron chi connectivity index (χ4n) is 4.08. The van der Waals surface area contributed by atoms with Gasteiger partial charge in [0, 0.05) is 18.5 Å². The number of hydrogen-bond donors (Lipinski definition) is 3. The summed E-state index contributed by atoms with van der Waals surface area (Å²) in [7, 11) is 0. The molecule has 3 atom stereocenters. The molecule has 3 rings (SSSR count). The number of ether oxygens (including phenoxy) is 1. The van der Waals surface area contributed by atoms with Crippen LogP contribution in [0.4, 0.5) is 0 Å². The molecule has 0 spiro atoms. The van der Waals surface area contributed by atoms with Gasteiger partial charge in [0.15, 0.2) is 0 Å². The van der Waals surface area contributed by atoms with Crippen molar-refractivity contribution in [2.45, 2.75) is 84.3 Å². The minimum Gasteiger partial charge on any atom is -0.369 e. The van der Waals surface area contributed by atoms with Crippen molar-refractivity contribution in [3.05, 3.63) is 58.9 Å². The first-order valence-corrected chi connectivity index (χ1v) is 11.9. The third-order valence-corrected chi connectivity index (χ3v) is 6.04. The van der Waals surface area contributed by atoms with E-state index < -0.39 is 12.1 Å². The van der Waals surface area contributed by atoms with E-state index in [-0.39, 0.29) is 30.5 Å². The zero-order valence-corrected chi connectivity index (χ0v) is 20.5. The number of aryl methyl sites for hydroxylation is 1. The highest BCUT2D eigenvalue weighted by Crippen LogP contribution is 2.23. The molecule has 1 aliphatic carbocycles. The average Bonchev–Trinajstić information content (AvgIpc) is 3.26. The lowest BCUT2D eigenvalue weighted by Crippen LogP contribution is -2.57. The van der Waals surface area contributed by atoms with E-state index >= 15 is 0 Å². The molecule has 4 N–H and O–H groups in total. The number of aromatic nitrogens is 3. The summed E-state index contributed by atoms with van der Waals surface area (Å²) < 4.78 is 7.96. The zero-order chi connectivity index (χ0) is 24.7. The second kappa shape index (κ2) is 11.9. The number of nitrogens with two attached hydrogens (primary N) is 1. The summed E-state index contributed by atoms with van der Waals surface area (Å²) in [5, 5.41) is 14.1. The number of benzene rings is 1. The molecule has 184 valence electrons. The number of carbonyl (C=O) groups is 2. The quantitative estimate of drug-likeness (QED) is 0.490. The van der Waals surface area contributed by atoms with Gasteiger partial charge in [0.05, 0.1) is 37.5 Å². The predicted molar refractivity (Wildman–Crippen MR) is 130 cm³/mol. The van der Waals surface area contributed by atoms with Crippen LogP contribution in [0.1, 0.15) is 56.9 Å². The van der Waals surface area contributed by atoms with Gasteiger partial charge in [-0.25, -0.2) is 4.68 Å². The number of nitrogens with zero attached hydrogens (tertiary/aromatic N) is 3. The Morgan fingerprint density at radius 2 is 1.94 bits per heavy atom. The molecule has 0 unspecified atom stereocenters. The third kappa shape index (κ3) is 6.98. The van der Waals surface area contributed by atoms with Crippen molar-refractivity contribution in [3.8, 4) is 0 Å². The molecule has 2 aromatic rings. The highest BCUT2D eigenvalue weighted by Gasteiger charge is 2.35. The van der Waals surface area contributed by atoms with Crippen LogP contribution in [0.5, 0.6) is 0 Å². The van der Waals surface area contributed by atoms with Crippen molar-refractivity contribution in [2.75, 3.05) is 0 Å². The van der Waals surface area contributed by atoms with Crippen molar-refractivity contribution in [2.24, 2.45) is 5.73 Å². The van der Waals surface area contributed by atoms with Crippen molar-refractivity contribution < 1.29 is 14.3 Å². The second-order valence-corrected chi connectivity index (χ2v) is 8.90. The van der Waals surface area contributed by atoms with Gasteiger partial charge in [-0.2, -0.15) is 0 Å². The predicted octanol–water partition coefficient (Wildman–Crippen LogP) is 1.99. The molecular formula is C25H36N6O3. The third-order valence-electron chi connectivity index (χ3n) is 6.04. The molecule has 9 nitrogen and oxygen atoms in total. The first-order valence-electron chi connectivity index (χ1n) is 11.9.